The first-order valence-electron chi connectivity index (χ1n) is 4.32. The number of fused-ring (bicyclic) bond motifs is 1. The number of H-pyrrole nitrogens is 1. The summed E-state index contributed by atoms with van der Waals surface area (Å²) in [5.74, 6) is -1.33. The fraction of sp³-hybridized carbons (Fsp3) is 0.222. The van der Waals surface area contributed by atoms with Crippen LogP contribution in [0.3, 0.4) is 0 Å². The average Bonchev–Trinajstić information content (AvgIpc) is 2.17. The lowest BCUT2D eigenvalue weighted by atomic mass is 10.2. The molecule has 0 aliphatic carbocycles. The molecule has 0 radical (unpaired) electrons. The van der Waals surface area contributed by atoms with Gasteiger partial charge in [0.1, 0.15) is 0 Å². The lowest BCUT2D eigenvalue weighted by Gasteiger charge is -2.05. The Bertz CT molecular complexity index is 603. The molecule has 7 heteroatoms. The molecule has 1 N–H and O–H groups in total. The molecule has 0 fully saturated rings. The zero-order chi connectivity index (χ0) is 11.9. The van der Waals surface area contributed by atoms with Gasteiger partial charge in [0.2, 0.25) is 5.82 Å². The van der Waals surface area contributed by atoms with Crippen LogP contribution in [0.4, 0.5) is 13.2 Å². The SMILES string of the molecule is Cc1cnc2nc(C(F)(F)F)[nH]c(=O)c2c1. The van der Waals surface area contributed by atoms with Crippen LogP contribution in [0.1, 0.15) is 11.4 Å². The molecule has 0 aliphatic rings. The molecule has 0 saturated carbocycles. The lowest BCUT2D eigenvalue weighted by molar-refractivity contribution is -0.144. The number of hydrogen-bond donors (Lipinski definition) is 1. The summed E-state index contributed by atoms with van der Waals surface area (Å²) in [5, 5.41) is 0.0491. The van der Waals surface area contributed by atoms with Crippen molar-refractivity contribution in [1.29, 1.82) is 0 Å². The minimum Gasteiger partial charge on any atom is -0.302 e. The Morgan fingerprint density at radius 1 is 1.38 bits per heavy atom. The summed E-state index contributed by atoms with van der Waals surface area (Å²) in [6.07, 6.45) is -3.32. The second-order valence-electron chi connectivity index (χ2n) is 3.30. The van der Waals surface area contributed by atoms with Crippen LogP contribution in [-0.4, -0.2) is 15.0 Å². The molecule has 0 aliphatic heterocycles. The van der Waals surface area contributed by atoms with Gasteiger partial charge in [-0.05, 0) is 18.6 Å². The third-order valence-electron chi connectivity index (χ3n) is 1.97. The van der Waals surface area contributed by atoms with Crippen LogP contribution in [-0.2, 0) is 6.18 Å². The van der Waals surface area contributed by atoms with Crippen molar-refractivity contribution in [2.45, 2.75) is 13.1 Å². The molecular weight excluding hydrogens is 223 g/mol. The second-order valence-corrected chi connectivity index (χ2v) is 3.30. The standard InChI is InChI=1S/C9H6F3N3O/c1-4-2-5-6(13-3-4)14-8(9(10,11)12)15-7(5)16/h2-3H,1H3,(H,13,14,15,16). The summed E-state index contributed by atoms with van der Waals surface area (Å²) in [6, 6.07) is 1.44. The van der Waals surface area contributed by atoms with Crippen LogP contribution in [0.5, 0.6) is 0 Å². The van der Waals surface area contributed by atoms with E-state index in [9.17, 15) is 18.0 Å². The van der Waals surface area contributed by atoms with Crippen LogP contribution < -0.4 is 5.56 Å². The number of halogens is 3. The largest absolute Gasteiger partial charge is 0.449 e. The highest BCUT2D eigenvalue weighted by molar-refractivity contribution is 5.73. The minimum absolute atomic E-state index is 0.0491. The summed E-state index contributed by atoms with van der Waals surface area (Å²) in [7, 11) is 0. The Labute approximate surface area is 87.2 Å². The fourth-order valence-corrected chi connectivity index (χ4v) is 1.26. The second kappa shape index (κ2) is 3.29. The molecular formula is C9H6F3N3O. The molecule has 2 aromatic heterocycles. The highest BCUT2D eigenvalue weighted by Gasteiger charge is 2.34. The number of aromatic nitrogens is 3. The quantitative estimate of drug-likeness (QED) is 0.747. The van der Waals surface area contributed by atoms with Gasteiger partial charge in [0.25, 0.3) is 5.56 Å². The van der Waals surface area contributed by atoms with E-state index in [0.717, 1.165) is 0 Å². The number of hydrogen-bond acceptors (Lipinski definition) is 3. The van der Waals surface area contributed by atoms with Gasteiger partial charge in [-0.15, -0.1) is 0 Å². The van der Waals surface area contributed by atoms with Gasteiger partial charge in [0.15, 0.2) is 5.65 Å². The topological polar surface area (TPSA) is 58.6 Å². The van der Waals surface area contributed by atoms with Crippen molar-refractivity contribution in [3.63, 3.8) is 0 Å². The van der Waals surface area contributed by atoms with Gasteiger partial charge in [0, 0.05) is 6.20 Å². The van der Waals surface area contributed by atoms with Gasteiger partial charge in [-0.3, -0.25) is 4.79 Å². The third kappa shape index (κ3) is 1.75. The maximum atomic E-state index is 12.3. The van der Waals surface area contributed by atoms with E-state index in [-0.39, 0.29) is 11.0 Å². The molecule has 0 bridgehead atoms. The van der Waals surface area contributed by atoms with E-state index in [0.29, 0.717) is 5.56 Å². The molecule has 0 atom stereocenters. The molecule has 0 spiro atoms. The number of pyridine rings is 1. The van der Waals surface area contributed by atoms with Gasteiger partial charge in [0.05, 0.1) is 5.39 Å². The third-order valence-corrected chi connectivity index (χ3v) is 1.97. The molecule has 84 valence electrons. The van der Waals surface area contributed by atoms with E-state index in [1.54, 1.807) is 11.9 Å². The fourth-order valence-electron chi connectivity index (χ4n) is 1.26. The van der Waals surface area contributed by atoms with E-state index in [4.69, 9.17) is 0 Å². The van der Waals surface area contributed by atoms with Crippen molar-refractivity contribution in [1.82, 2.24) is 15.0 Å². The number of alkyl halides is 3. The zero-order valence-electron chi connectivity index (χ0n) is 8.09. The summed E-state index contributed by atoms with van der Waals surface area (Å²) in [6.45, 7) is 1.68. The molecule has 2 heterocycles. The molecule has 4 nitrogen and oxygen atoms in total. The first-order valence-corrected chi connectivity index (χ1v) is 4.32. The van der Waals surface area contributed by atoms with Crippen molar-refractivity contribution in [2.24, 2.45) is 0 Å². The smallest absolute Gasteiger partial charge is 0.302 e. The number of nitrogens with one attached hydrogen (secondary N) is 1. The predicted molar refractivity (Wildman–Crippen MR) is 49.9 cm³/mol. The van der Waals surface area contributed by atoms with Crippen molar-refractivity contribution in [3.05, 3.63) is 34.0 Å². The Balaban J connectivity index is 2.79. The van der Waals surface area contributed by atoms with Crippen molar-refractivity contribution >= 4 is 11.0 Å². The normalized spacial score (nSPS) is 12.0. The summed E-state index contributed by atoms with van der Waals surface area (Å²) in [5.41, 5.74) is -0.366. The number of aromatic amines is 1. The van der Waals surface area contributed by atoms with Gasteiger partial charge in [-0.2, -0.15) is 13.2 Å². The predicted octanol–water partition coefficient (Wildman–Crippen LogP) is 1.65. The van der Waals surface area contributed by atoms with Gasteiger partial charge in [-0.25, -0.2) is 9.97 Å². The highest BCUT2D eigenvalue weighted by atomic mass is 19.4. The van der Waals surface area contributed by atoms with E-state index >= 15 is 0 Å². The number of aryl methyl sites for hydroxylation is 1. The van der Waals surface area contributed by atoms with Gasteiger partial charge >= 0.3 is 6.18 Å². The Hall–Kier alpha value is -1.92. The maximum absolute atomic E-state index is 12.3. The molecule has 16 heavy (non-hydrogen) atoms. The molecule has 0 saturated heterocycles. The molecule has 0 amide bonds. The first-order chi connectivity index (χ1) is 7.38. The number of nitrogens with zero attached hydrogens (tertiary/aromatic N) is 2. The van der Waals surface area contributed by atoms with Crippen LogP contribution in [0.2, 0.25) is 0 Å². The van der Waals surface area contributed by atoms with E-state index in [1.807, 2.05) is 0 Å². The maximum Gasteiger partial charge on any atom is 0.449 e. The van der Waals surface area contributed by atoms with Crippen LogP contribution in [0.15, 0.2) is 17.1 Å². The minimum atomic E-state index is -4.68. The Kier molecular flexibility index (Phi) is 2.18. The summed E-state index contributed by atoms with van der Waals surface area (Å²) < 4.78 is 36.9. The lowest BCUT2D eigenvalue weighted by Crippen LogP contribution is -2.19. The van der Waals surface area contributed by atoms with Crippen LogP contribution in [0, 0.1) is 6.92 Å². The average molecular weight is 229 g/mol. The van der Waals surface area contributed by atoms with Gasteiger partial charge in [-0.1, -0.05) is 0 Å². The van der Waals surface area contributed by atoms with E-state index < -0.39 is 17.6 Å². The summed E-state index contributed by atoms with van der Waals surface area (Å²) in [4.78, 5) is 20.0. The Morgan fingerprint density at radius 3 is 2.69 bits per heavy atom. The van der Waals surface area contributed by atoms with Crippen LogP contribution >= 0.6 is 0 Å². The van der Waals surface area contributed by atoms with Crippen molar-refractivity contribution < 1.29 is 13.2 Å². The zero-order valence-corrected chi connectivity index (χ0v) is 8.09. The first kappa shape index (κ1) is 10.6. The summed E-state index contributed by atoms with van der Waals surface area (Å²) >= 11 is 0. The number of rotatable bonds is 0. The highest BCUT2D eigenvalue weighted by Crippen LogP contribution is 2.25. The molecule has 0 unspecified atom stereocenters. The Morgan fingerprint density at radius 2 is 2.06 bits per heavy atom. The molecule has 0 aromatic carbocycles. The molecule has 2 rings (SSSR count). The van der Waals surface area contributed by atoms with Crippen molar-refractivity contribution in [2.75, 3.05) is 0 Å². The van der Waals surface area contributed by atoms with Crippen LogP contribution in [0.25, 0.3) is 11.0 Å². The van der Waals surface area contributed by atoms with E-state index in [1.165, 1.54) is 12.3 Å². The monoisotopic (exact) mass is 229 g/mol. The van der Waals surface area contributed by atoms with E-state index in [2.05, 4.69) is 9.97 Å². The van der Waals surface area contributed by atoms with Gasteiger partial charge < -0.3 is 4.98 Å². The molecule has 2 aromatic rings. The van der Waals surface area contributed by atoms with Crippen molar-refractivity contribution in [3.8, 4) is 0 Å².